The lowest BCUT2D eigenvalue weighted by molar-refractivity contribution is -0.142. The number of carboxylic acids is 1. The van der Waals surface area contributed by atoms with Crippen LogP contribution >= 0.6 is 11.6 Å². The summed E-state index contributed by atoms with van der Waals surface area (Å²) in [6, 6.07) is 4.28. The van der Waals surface area contributed by atoms with Gasteiger partial charge in [0.2, 0.25) is 0 Å². The predicted molar refractivity (Wildman–Crippen MR) is 77.5 cm³/mol. The van der Waals surface area contributed by atoms with Crippen molar-refractivity contribution in [3.05, 3.63) is 45.5 Å². The standard InChI is InChI=1S/C14H14ClN3O3/c15-9-3-4-12-16-10(6-13(19)18(12)7-9)8-17-5-1-2-11(17)14(20)21/h3-4,6-7,11H,1-2,5,8H2,(H,20,21)/t11-/m0/s1. The molecule has 0 amide bonds. The molecule has 0 spiro atoms. The van der Waals surface area contributed by atoms with Crippen LogP contribution in [0.4, 0.5) is 0 Å². The van der Waals surface area contributed by atoms with Crippen LogP contribution in [0.2, 0.25) is 5.02 Å². The molecule has 2 aromatic rings. The Morgan fingerprint density at radius 3 is 3.05 bits per heavy atom. The minimum absolute atomic E-state index is 0.219. The zero-order valence-corrected chi connectivity index (χ0v) is 12.0. The van der Waals surface area contributed by atoms with E-state index in [0.717, 1.165) is 6.42 Å². The number of pyridine rings is 1. The van der Waals surface area contributed by atoms with E-state index in [-0.39, 0.29) is 5.56 Å². The van der Waals surface area contributed by atoms with Gasteiger partial charge in [0.25, 0.3) is 5.56 Å². The number of nitrogens with zero attached hydrogens (tertiary/aromatic N) is 3. The molecule has 0 unspecified atom stereocenters. The summed E-state index contributed by atoms with van der Waals surface area (Å²) in [6.45, 7) is 1.07. The second-order valence-electron chi connectivity index (χ2n) is 5.13. The molecule has 7 heteroatoms. The molecule has 1 N–H and O–H groups in total. The molecule has 3 heterocycles. The van der Waals surface area contributed by atoms with Gasteiger partial charge in [0.1, 0.15) is 11.7 Å². The van der Waals surface area contributed by atoms with Gasteiger partial charge in [-0.1, -0.05) is 11.6 Å². The maximum absolute atomic E-state index is 12.1. The van der Waals surface area contributed by atoms with Crippen LogP contribution in [0.3, 0.4) is 0 Å². The first-order valence-electron chi connectivity index (χ1n) is 6.69. The Balaban J connectivity index is 1.93. The summed E-state index contributed by atoms with van der Waals surface area (Å²) < 4.78 is 1.38. The van der Waals surface area contributed by atoms with Gasteiger partial charge in [-0.15, -0.1) is 0 Å². The molecule has 0 bridgehead atoms. The number of fused-ring (bicyclic) bond motifs is 1. The fourth-order valence-corrected chi connectivity index (χ4v) is 2.87. The fourth-order valence-electron chi connectivity index (χ4n) is 2.71. The molecule has 6 nitrogen and oxygen atoms in total. The van der Waals surface area contributed by atoms with Crippen LogP contribution in [-0.2, 0) is 11.3 Å². The largest absolute Gasteiger partial charge is 0.480 e. The van der Waals surface area contributed by atoms with E-state index < -0.39 is 12.0 Å². The third-order valence-electron chi connectivity index (χ3n) is 3.69. The lowest BCUT2D eigenvalue weighted by Gasteiger charge is -2.20. The SMILES string of the molecule is O=C(O)[C@@H]1CCCN1Cc1cc(=O)n2cc(Cl)ccc2n1. The summed E-state index contributed by atoms with van der Waals surface area (Å²) in [7, 11) is 0. The number of carbonyl (C=O) groups is 1. The summed E-state index contributed by atoms with van der Waals surface area (Å²) in [5.74, 6) is -0.822. The van der Waals surface area contributed by atoms with Crippen LogP contribution in [0, 0.1) is 0 Å². The summed E-state index contributed by atoms with van der Waals surface area (Å²) in [4.78, 5) is 29.5. The van der Waals surface area contributed by atoms with Crippen LogP contribution in [0.15, 0.2) is 29.2 Å². The molecule has 1 atom stereocenters. The maximum atomic E-state index is 12.1. The minimum Gasteiger partial charge on any atom is -0.480 e. The normalized spacial score (nSPS) is 19.2. The molecule has 0 saturated carbocycles. The number of aliphatic carboxylic acids is 1. The quantitative estimate of drug-likeness (QED) is 0.927. The number of likely N-dealkylation sites (tertiary alicyclic amines) is 1. The second-order valence-corrected chi connectivity index (χ2v) is 5.56. The molecule has 0 radical (unpaired) electrons. The Labute approximate surface area is 125 Å². The van der Waals surface area contributed by atoms with Crippen LogP contribution < -0.4 is 5.56 Å². The Kier molecular flexibility index (Phi) is 3.65. The van der Waals surface area contributed by atoms with Gasteiger partial charge in [-0.3, -0.25) is 18.9 Å². The van der Waals surface area contributed by atoms with Crippen LogP contribution in [0.5, 0.6) is 0 Å². The van der Waals surface area contributed by atoms with E-state index in [1.165, 1.54) is 16.7 Å². The monoisotopic (exact) mass is 307 g/mol. The van der Waals surface area contributed by atoms with Crippen molar-refractivity contribution in [2.24, 2.45) is 0 Å². The average molecular weight is 308 g/mol. The van der Waals surface area contributed by atoms with Crippen molar-refractivity contribution in [2.75, 3.05) is 6.54 Å². The van der Waals surface area contributed by atoms with E-state index in [4.69, 9.17) is 11.6 Å². The van der Waals surface area contributed by atoms with Crippen molar-refractivity contribution in [1.82, 2.24) is 14.3 Å². The van der Waals surface area contributed by atoms with Crippen molar-refractivity contribution in [1.29, 1.82) is 0 Å². The maximum Gasteiger partial charge on any atom is 0.320 e. The predicted octanol–water partition coefficient (Wildman–Crippen LogP) is 1.40. The van der Waals surface area contributed by atoms with Crippen LogP contribution in [0.1, 0.15) is 18.5 Å². The van der Waals surface area contributed by atoms with Gasteiger partial charge in [-0.2, -0.15) is 0 Å². The number of aromatic nitrogens is 2. The van der Waals surface area contributed by atoms with E-state index in [1.54, 1.807) is 12.1 Å². The van der Waals surface area contributed by atoms with Crippen LogP contribution in [0.25, 0.3) is 5.65 Å². The molecule has 0 aromatic carbocycles. The summed E-state index contributed by atoms with van der Waals surface area (Å²) >= 11 is 5.86. The van der Waals surface area contributed by atoms with Gasteiger partial charge < -0.3 is 5.11 Å². The summed E-state index contributed by atoms with van der Waals surface area (Å²) in [6.07, 6.45) is 3.00. The van der Waals surface area contributed by atoms with Crippen molar-refractivity contribution in [3.63, 3.8) is 0 Å². The Morgan fingerprint density at radius 2 is 2.29 bits per heavy atom. The number of hydrogen-bond acceptors (Lipinski definition) is 4. The fraction of sp³-hybridized carbons (Fsp3) is 0.357. The average Bonchev–Trinajstić information content (AvgIpc) is 2.88. The van der Waals surface area contributed by atoms with E-state index >= 15 is 0 Å². The van der Waals surface area contributed by atoms with Crippen molar-refractivity contribution in [2.45, 2.75) is 25.4 Å². The zero-order chi connectivity index (χ0) is 15.0. The highest BCUT2D eigenvalue weighted by Crippen LogP contribution is 2.19. The van der Waals surface area contributed by atoms with Crippen LogP contribution in [-0.4, -0.2) is 37.9 Å². The summed E-state index contributed by atoms with van der Waals surface area (Å²) in [5, 5.41) is 9.64. The Hall–Kier alpha value is -1.92. The van der Waals surface area contributed by atoms with E-state index in [0.29, 0.717) is 35.9 Å². The topological polar surface area (TPSA) is 74.9 Å². The van der Waals surface area contributed by atoms with E-state index in [1.807, 2.05) is 4.90 Å². The number of rotatable bonds is 3. The number of halogens is 1. The van der Waals surface area contributed by atoms with Gasteiger partial charge in [0, 0.05) is 18.8 Å². The highest BCUT2D eigenvalue weighted by atomic mass is 35.5. The second kappa shape index (κ2) is 5.46. The third kappa shape index (κ3) is 2.77. The smallest absolute Gasteiger partial charge is 0.320 e. The molecule has 1 aliphatic heterocycles. The van der Waals surface area contributed by atoms with Gasteiger partial charge in [0.05, 0.1) is 10.7 Å². The molecule has 1 fully saturated rings. The minimum atomic E-state index is -0.822. The molecule has 1 aliphatic rings. The summed E-state index contributed by atoms with van der Waals surface area (Å²) in [5.41, 5.74) is 0.868. The molecular formula is C14H14ClN3O3. The number of carboxylic acid groups (broad SMARTS) is 1. The lowest BCUT2D eigenvalue weighted by Crippen LogP contribution is -2.36. The molecule has 1 saturated heterocycles. The molecule has 3 rings (SSSR count). The number of hydrogen-bond donors (Lipinski definition) is 1. The molecular weight excluding hydrogens is 294 g/mol. The van der Waals surface area contributed by atoms with Gasteiger partial charge in [-0.25, -0.2) is 4.98 Å². The van der Waals surface area contributed by atoms with Crippen molar-refractivity contribution < 1.29 is 9.90 Å². The van der Waals surface area contributed by atoms with E-state index in [2.05, 4.69) is 4.98 Å². The first kappa shape index (κ1) is 14.0. The van der Waals surface area contributed by atoms with Gasteiger partial charge in [0.15, 0.2) is 0 Å². The van der Waals surface area contributed by atoms with Gasteiger partial charge in [-0.05, 0) is 31.5 Å². The van der Waals surface area contributed by atoms with E-state index in [9.17, 15) is 14.7 Å². The van der Waals surface area contributed by atoms with Gasteiger partial charge >= 0.3 is 5.97 Å². The zero-order valence-electron chi connectivity index (χ0n) is 11.2. The Bertz CT molecular complexity index is 759. The molecule has 110 valence electrons. The first-order valence-corrected chi connectivity index (χ1v) is 7.07. The molecule has 0 aliphatic carbocycles. The van der Waals surface area contributed by atoms with Crippen molar-refractivity contribution in [3.8, 4) is 0 Å². The third-order valence-corrected chi connectivity index (χ3v) is 3.91. The van der Waals surface area contributed by atoms with Crippen molar-refractivity contribution >= 4 is 23.2 Å². The first-order chi connectivity index (χ1) is 10.0. The highest BCUT2D eigenvalue weighted by molar-refractivity contribution is 6.30. The molecule has 2 aromatic heterocycles. The lowest BCUT2D eigenvalue weighted by atomic mass is 10.2. The highest BCUT2D eigenvalue weighted by Gasteiger charge is 2.30. The molecule has 21 heavy (non-hydrogen) atoms. The Morgan fingerprint density at radius 1 is 1.48 bits per heavy atom.